The van der Waals surface area contributed by atoms with Crippen molar-refractivity contribution in [3.8, 4) is 11.1 Å². The molecule has 33 heavy (non-hydrogen) atoms. The van der Waals surface area contributed by atoms with E-state index in [1.807, 2.05) is 13.0 Å². The lowest BCUT2D eigenvalue weighted by molar-refractivity contribution is -0.119. The lowest BCUT2D eigenvalue weighted by Crippen LogP contribution is -2.33. The largest absolute Gasteiger partial charge is 0.442 e. The van der Waals surface area contributed by atoms with Gasteiger partial charge in [-0.05, 0) is 31.2 Å². The molecule has 0 saturated carbocycles. The van der Waals surface area contributed by atoms with Crippen molar-refractivity contribution in [3.63, 3.8) is 0 Å². The van der Waals surface area contributed by atoms with E-state index in [1.165, 1.54) is 17.9 Å². The van der Waals surface area contributed by atoms with Crippen molar-refractivity contribution in [2.45, 2.75) is 32.5 Å². The number of aromatic amines is 1. The number of hydrogen-bond donors (Lipinski definition) is 3. The molecular formula is C22H24FN7O3. The highest BCUT2D eigenvalue weighted by molar-refractivity contribution is 5.90. The molecule has 0 spiro atoms. The van der Waals surface area contributed by atoms with Gasteiger partial charge in [-0.15, -0.1) is 5.10 Å². The second-order valence-corrected chi connectivity index (χ2v) is 7.77. The summed E-state index contributed by atoms with van der Waals surface area (Å²) in [5.74, 6) is -0.682. The van der Waals surface area contributed by atoms with Gasteiger partial charge < -0.3 is 15.4 Å². The van der Waals surface area contributed by atoms with Crippen molar-refractivity contribution in [1.82, 2.24) is 31.0 Å². The van der Waals surface area contributed by atoms with Crippen LogP contribution in [0, 0.1) is 5.82 Å². The Hall–Kier alpha value is -3.86. The summed E-state index contributed by atoms with van der Waals surface area (Å²) in [5, 5.41) is 16.2. The summed E-state index contributed by atoms with van der Waals surface area (Å²) in [6.45, 7) is 4.34. The van der Waals surface area contributed by atoms with Crippen LogP contribution in [-0.2, 0) is 16.1 Å². The number of anilines is 1. The number of carbonyl (C=O) groups excluding carboxylic acids is 2. The summed E-state index contributed by atoms with van der Waals surface area (Å²) in [4.78, 5) is 29.0. The van der Waals surface area contributed by atoms with Crippen LogP contribution in [0.4, 0.5) is 14.9 Å². The highest BCUT2D eigenvalue weighted by Gasteiger charge is 2.32. The van der Waals surface area contributed by atoms with E-state index >= 15 is 0 Å². The predicted octanol–water partition coefficient (Wildman–Crippen LogP) is 2.32. The molecule has 4 rings (SSSR count). The van der Waals surface area contributed by atoms with E-state index in [9.17, 15) is 14.0 Å². The molecule has 1 fully saturated rings. The van der Waals surface area contributed by atoms with Crippen molar-refractivity contribution < 1.29 is 18.7 Å². The fraction of sp³-hybridized carbons (Fsp3) is 0.318. The Morgan fingerprint density at radius 2 is 2.18 bits per heavy atom. The molecule has 3 N–H and O–H groups in total. The maximum atomic E-state index is 14.9. The molecule has 172 valence electrons. The third-order valence-electron chi connectivity index (χ3n) is 5.34. The zero-order chi connectivity index (χ0) is 23.4. The summed E-state index contributed by atoms with van der Waals surface area (Å²) in [5.41, 5.74) is 3.08. The second-order valence-electron chi connectivity index (χ2n) is 7.77. The van der Waals surface area contributed by atoms with Gasteiger partial charge in [0.2, 0.25) is 5.91 Å². The van der Waals surface area contributed by atoms with Crippen molar-refractivity contribution in [3.05, 3.63) is 59.9 Å². The molecule has 2 amide bonds. The summed E-state index contributed by atoms with van der Waals surface area (Å²) in [7, 11) is 0. The minimum absolute atomic E-state index is 0.0292. The van der Waals surface area contributed by atoms with Crippen LogP contribution in [0.3, 0.4) is 0 Å². The number of H-pyrrole nitrogens is 1. The zero-order valence-electron chi connectivity index (χ0n) is 18.2. The van der Waals surface area contributed by atoms with E-state index in [0.29, 0.717) is 23.4 Å². The average Bonchev–Trinajstić information content (AvgIpc) is 3.46. The standard InChI is InChI=1S/C22H24FN7O3/c1-13(21-11-27-29-28-21)24-9-16-4-3-15(8-26-16)19-6-5-17(7-20(19)23)30-12-18(33-22(30)32)10-25-14(2)31/h3-8,11,13,18,24H,9-10,12H2,1-2H3,(H,25,31)(H,27,28,29)/t13?,18-/m0/s1. The first-order chi connectivity index (χ1) is 15.9. The number of hydrogen-bond acceptors (Lipinski definition) is 7. The summed E-state index contributed by atoms with van der Waals surface area (Å²) in [6, 6.07) is 8.24. The van der Waals surface area contributed by atoms with Crippen LogP contribution in [0.1, 0.15) is 31.3 Å². The first-order valence-corrected chi connectivity index (χ1v) is 10.5. The quantitative estimate of drug-likeness (QED) is 0.478. The third-order valence-corrected chi connectivity index (χ3v) is 5.34. The number of carbonyl (C=O) groups is 2. The molecule has 2 aromatic heterocycles. The zero-order valence-corrected chi connectivity index (χ0v) is 18.2. The number of cyclic esters (lactones) is 1. The molecule has 0 aliphatic carbocycles. The van der Waals surface area contributed by atoms with Gasteiger partial charge in [-0.1, -0.05) is 11.3 Å². The van der Waals surface area contributed by atoms with Crippen molar-refractivity contribution in [2.75, 3.05) is 18.0 Å². The molecule has 10 nitrogen and oxygen atoms in total. The number of aromatic nitrogens is 4. The van der Waals surface area contributed by atoms with E-state index in [0.717, 1.165) is 11.4 Å². The SMILES string of the molecule is CC(=O)NC[C@H]1CN(c2ccc(-c3ccc(CNC(C)c4cnn[nH]4)nc3)c(F)c2)C(=O)O1. The van der Waals surface area contributed by atoms with Crippen LogP contribution in [0.5, 0.6) is 0 Å². The molecule has 1 aromatic carbocycles. The van der Waals surface area contributed by atoms with Crippen LogP contribution >= 0.6 is 0 Å². The molecule has 11 heteroatoms. The Bertz CT molecular complexity index is 1120. The highest BCUT2D eigenvalue weighted by Crippen LogP contribution is 2.29. The lowest BCUT2D eigenvalue weighted by atomic mass is 10.1. The van der Waals surface area contributed by atoms with E-state index in [-0.39, 0.29) is 25.0 Å². The van der Waals surface area contributed by atoms with Gasteiger partial charge in [-0.3, -0.25) is 19.8 Å². The lowest BCUT2D eigenvalue weighted by Gasteiger charge is -2.15. The molecule has 0 radical (unpaired) electrons. The van der Waals surface area contributed by atoms with E-state index in [1.54, 1.807) is 30.6 Å². The van der Waals surface area contributed by atoms with Gasteiger partial charge in [0.25, 0.3) is 0 Å². The first kappa shape index (κ1) is 22.3. The molecule has 1 unspecified atom stereocenters. The Labute approximate surface area is 189 Å². The summed E-state index contributed by atoms with van der Waals surface area (Å²) >= 11 is 0. The van der Waals surface area contributed by atoms with Crippen LogP contribution in [-0.4, -0.2) is 51.6 Å². The van der Waals surface area contributed by atoms with Gasteiger partial charge >= 0.3 is 6.09 Å². The maximum absolute atomic E-state index is 14.9. The average molecular weight is 453 g/mol. The Kier molecular flexibility index (Phi) is 6.59. The number of benzene rings is 1. The van der Waals surface area contributed by atoms with Gasteiger partial charge in [0.05, 0.1) is 36.4 Å². The molecule has 1 aliphatic rings. The molecule has 2 atom stereocenters. The number of halogens is 1. The Balaban J connectivity index is 1.39. The normalized spacial score (nSPS) is 16.5. The number of nitrogens with zero attached hydrogens (tertiary/aromatic N) is 4. The maximum Gasteiger partial charge on any atom is 0.414 e. The topological polar surface area (TPSA) is 125 Å². The fourth-order valence-electron chi connectivity index (χ4n) is 3.47. The van der Waals surface area contributed by atoms with E-state index < -0.39 is 18.0 Å². The third kappa shape index (κ3) is 5.32. The number of pyridine rings is 1. The first-order valence-electron chi connectivity index (χ1n) is 10.5. The van der Waals surface area contributed by atoms with E-state index in [4.69, 9.17) is 4.74 Å². The number of nitrogens with one attached hydrogen (secondary N) is 3. The predicted molar refractivity (Wildman–Crippen MR) is 118 cm³/mol. The molecule has 3 aromatic rings. The highest BCUT2D eigenvalue weighted by atomic mass is 19.1. The summed E-state index contributed by atoms with van der Waals surface area (Å²) < 4.78 is 20.1. The van der Waals surface area contributed by atoms with Crippen molar-refractivity contribution >= 4 is 17.7 Å². The Morgan fingerprint density at radius 1 is 1.33 bits per heavy atom. The van der Waals surface area contributed by atoms with Gasteiger partial charge in [-0.25, -0.2) is 9.18 Å². The molecule has 1 aliphatic heterocycles. The Morgan fingerprint density at radius 3 is 2.85 bits per heavy atom. The van der Waals surface area contributed by atoms with Crippen molar-refractivity contribution in [2.24, 2.45) is 0 Å². The minimum atomic E-state index is -0.573. The van der Waals surface area contributed by atoms with Crippen LogP contribution in [0.2, 0.25) is 0 Å². The minimum Gasteiger partial charge on any atom is -0.442 e. The monoisotopic (exact) mass is 453 g/mol. The van der Waals surface area contributed by atoms with Gasteiger partial charge in [-0.2, -0.15) is 0 Å². The summed E-state index contributed by atoms with van der Waals surface area (Å²) in [6.07, 6.45) is 2.22. The molecular weight excluding hydrogens is 429 g/mol. The fourth-order valence-corrected chi connectivity index (χ4v) is 3.47. The van der Waals surface area contributed by atoms with E-state index in [2.05, 4.69) is 31.0 Å². The van der Waals surface area contributed by atoms with Crippen molar-refractivity contribution in [1.29, 1.82) is 0 Å². The smallest absolute Gasteiger partial charge is 0.414 e. The molecule has 1 saturated heterocycles. The second kappa shape index (κ2) is 9.74. The van der Waals surface area contributed by atoms with Gasteiger partial charge in [0, 0.05) is 36.8 Å². The molecule has 0 bridgehead atoms. The van der Waals surface area contributed by atoms with Crippen LogP contribution in [0.25, 0.3) is 11.1 Å². The number of rotatable bonds is 8. The molecule has 3 heterocycles. The van der Waals surface area contributed by atoms with Crippen LogP contribution < -0.4 is 15.5 Å². The van der Waals surface area contributed by atoms with Gasteiger partial charge in [0.15, 0.2) is 0 Å². The number of ether oxygens (including phenoxy) is 1. The number of amides is 2. The van der Waals surface area contributed by atoms with Gasteiger partial charge in [0.1, 0.15) is 11.9 Å². The van der Waals surface area contributed by atoms with Crippen LogP contribution in [0.15, 0.2) is 42.7 Å².